The van der Waals surface area contributed by atoms with E-state index in [1.807, 2.05) is 0 Å². The Morgan fingerprint density at radius 3 is 2.69 bits per heavy atom. The molecule has 2 atom stereocenters. The second-order valence-corrected chi connectivity index (χ2v) is 8.02. The van der Waals surface area contributed by atoms with Crippen molar-refractivity contribution in [3.05, 3.63) is 18.2 Å². The number of hydrogen-bond acceptors (Lipinski definition) is 5. The molecule has 8 nitrogen and oxygen atoms in total. The molecule has 0 radical (unpaired) electrons. The maximum atomic E-state index is 12.6. The molecule has 0 aromatic heterocycles. The minimum atomic E-state index is -0.626. The fraction of sp³-hybridized carbons (Fsp3) is 0.571. The van der Waals surface area contributed by atoms with Crippen molar-refractivity contribution < 1.29 is 23.9 Å². The zero-order valence-electron chi connectivity index (χ0n) is 16.6. The third kappa shape index (κ3) is 4.31. The molecule has 1 aliphatic carbocycles. The first-order chi connectivity index (χ1) is 14.0. The summed E-state index contributed by atoms with van der Waals surface area (Å²) in [4.78, 5) is 39.1. The summed E-state index contributed by atoms with van der Waals surface area (Å²) < 4.78 is 10.7. The van der Waals surface area contributed by atoms with E-state index in [-0.39, 0.29) is 43.5 Å². The molecule has 2 fully saturated rings. The van der Waals surface area contributed by atoms with Crippen LogP contribution in [0.5, 0.6) is 11.5 Å². The lowest BCUT2D eigenvalue weighted by Crippen LogP contribution is -2.50. The van der Waals surface area contributed by atoms with Gasteiger partial charge in [-0.1, -0.05) is 19.3 Å². The number of amides is 3. The van der Waals surface area contributed by atoms with Crippen molar-refractivity contribution >= 4 is 23.4 Å². The van der Waals surface area contributed by atoms with Crippen LogP contribution < -0.4 is 25.0 Å². The minimum absolute atomic E-state index is 0.122. The molecule has 2 aliphatic heterocycles. The molecule has 1 aromatic rings. The molecule has 1 aromatic carbocycles. The number of hydrogen-bond donors (Lipinski definition) is 2. The van der Waals surface area contributed by atoms with E-state index in [0.717, 1.165) is 25.7 Å². The van der Waals surface area contributed by atoms with E-state index in [4.69, 9.17) is 9.47 Å². The van der Waals surface area contributed by atoms with Gasteiger partial charge in [0.05, 0.1) is 5.92 Å². The number of anilines is 1. The molecule has 8 heteroatoms. The zero-order valence-corrected chi connectivity index (χ0v) is 16.6. The SMILES string of the molecule is C[C@H](NC(=O)[C@@H]1CC(=O)N(c2ccc3c(c2)OCO3)C1)C(=O)NC1CCCCC1. The second kappa shape index (κ2) is 8.31. The lowest BCUT2D eigenvalue weighted by molar-refractivity contribution is -0.131. The van der Waals surface area contributed by atoms with Gasteiger partial charge in [-0.3, -0.25) is 14.4 Å². The van der Waals surface area contributed by atoms with Crippen LogP contribution in [0.25, 0.3) is 0 Å². The van der Waals surface area contributed by atoms with E-state index < -0.39 is 12.0 Å². The lowest BCUT2D eigenvalue weighted by Gasteiger charge is -2.25. The highest BCUT2D eigenvalue weighted by Crippen LogP contribution is 2.37. The Hall–Kier alpha value is -2.77. The third-order valence-electron chi connectivity index (χ3n) is 5.87. The van der Waals surface area contributed by atoms with Crippen LogP contribution in [-0.2, 0) is 14.4 Å². The van der Waals surface area contributed by atoms with Crippen LogP contribution >= 0.6 is 0 Å². The van der Waals surface area contributed by atoms with Crippen LogP contribution in [0, 0.1) is 5.92 Å². The number of benzene rings is 1. The highest BCUT2D eigenvalue weighted by atomic mass is 16.7. The fourth-order valence-electron chi connectivity index (χ4n) is 4.16. The number of carbonyl (C=O) groups excluding carboxylic acids is 3. The maximum Gasteiger partial charge on any atom is 0.242 e. The van der Waals surface area contributed by atoms with Crippen LogP contribution in [0.3, 0.4) is 0 Å². The predicted octanol–water partition coefficient (Wildman–Crippen LogP) is 1.72. The Labute approximate surface area is 169 Å². The highest BCUT2D eigenvalue weighted by Gasteiger charge is 2.36. The van der Waals surface area contributed by atoms with E-state index in [9.17, 15) is 14.4 Å². The molecule has 1 saturated carbocycles. The summed E-state index contributed by atoms with van der Waals surface area (Å²) in [6, 6.07) is 4.87. The fourth-order valence-corrected chi connectivity index (χ4v) is 4.16. The third-order valence-corrected chi connectivity index (χ3v) is 5.87. The van der Waals surface area contributed by atoms with Crippen molar-refractivity contribution in [2.24, 2.45) is 5.92 Å². The van der Waals surface area contributed by atoms with Crippen LogP contribution in [0.2, 0.25) is 0 Å². The monoisotopic (exact) mass is 401 g/mol. The largest absolute Gasteiger partial charge is 0.454 e. The number of fused-ring (bicyclic) bond motifs is 1. The molecular formula is C21H27N3O5. The first-order valence-corrected chi connectivity index (χ1v) is 10.3. The molecule has 3 aliphatic rings. The van der Waals surface area contributed by atoms with Gasteiger partial charge >= 0.3 is 0 Å². The average Bonchev–Trinajstić information content (AvgIpc) is 3.34. The molecule has 4 rings (SSSR count). The van der Waals surface area contributed by atoms with Crippen molar-refractivity contribution in [1.29, 1.82) is 0 Å². The molecule has 29 heavy (non-hydrogen) atoms. The summed E-state index contributed by atoms with van der Waals surface area (Å²) in [6.45, 7) is 2.13. The summed E-state index contributed by atoms with van der Waals surface area (Å²) in [5, 5.41) is 5.80. The molecule has 156 valence electrons. The molecule has 2 N–H and O–H groups in total. The van der Waals surface area contributed by atoms with Gasteiger partial charge < -0.3 is 25.0 Å². The number of nitrogens with zero attached hydrogens (tertiary/aromatic N) is 1. The molecule has 2 heterocycles. The normalized spacial score (nSPS) is 22.4. The summed E-state index contributed by atoms with van der Waals surface area (Å²) in [6.07, 6.45) is 5.59. The summed E-state index contributed by atoms with van der Waals surface area (Å²) >= 11 is 0. The van der Waals surface area contributed by atoms with Crippen LogP contribution in [0.15, 0.2) is 18.2 Å². The first-order valence-electron chi connectivity index (χ1n) is 10.3. The Balaban J connectivity index is 1.32. The van der Waals surface area contributed by atoms with E-state index in [1.165, 1.54) is 6.42 Å². The smallest absolute Gasteiger partial charge is 0.242 e. The van der Waals surface area contributed by atoms with Crippen molar-refractivity contribution in [1.82, 2.24) is 10.6 Å². The quantitative estimate of drug-likeness (QED) is 0.783. The van der Waals surface area contributed by atoms with E-state index in [0.29, 0.717) is 17.2 Å². The van der Waals surface area contributed by atoms with Crippen LogP contribution in [0.4, 0.5) is 5.69 Å². The summed E-state index contributed by atoms with van der Waals surface area (Å²) in [5.74, 6) is 0.194. The average molecular weight is 401 g/mol. The highest BCUT2D eigenvalue weighted by molar-refractivity contribution is 6.01. The molecule has 0 spiro atoms. The standard InChI is InChI=1S/C21H27N3O5/c1-13(20(26)23-15-5-3-2-4-6-15)22-21(27)14-9-19(25)24(11-14)16-7-8-17-18(10-16)29-12-28-17/h7-8,10,13-15H,2-6,9,11-12H2,1H3,(H,22,27)(H,23,26)/t13-,14+/m0/s1. The number of rotatable bonds is 5. The summed E-state index contributed by atoms with van der Waals surface area (Å²) in [7, 11) is 0. The van der Waals surface area contributed by atoms with Gasteiger partial charge in [-0.2, -0.15) is 0 Å². The topological polar surface area (TPSA) is 97.0 Å². The number of ether oxygens (including phenoxy) is 2. The van der Waals surface area contributed by atoms with Crippen molar-refractivity contribution in [2.45, 2.75) is 57.5 Å². The van der Waals surface area contributed by atoms with Crippen LogP contribution in [-0.4, -0.2) is 43.1 Å². The Morgan fingerprint density at radius 1 is 1.14 bits per heavy atom. The van der Waals surface area contributed by atoms with E-state index in [2.05, 4.69) is 10.6 Å². The molecular weight excluding hydrogens is 374 g/mol. The van der Waals surface area contributed by atoms with Crippen molar-refractivity contribution in [3.63, 3.8) is 0 Å². The Morgan fingerprint density at radius 2 is 1.90 bits per heavy atom. The van der Waals surface area contributed by atoms with E-state index >= 15 is 0 Å². The number of nitrogens with one attached hydrogen (secondary N) is 2. The molecule has 0 bridgehead atoms. The molecule has 0 unspecified atom stereocenters. The van der Waals surface area contributed by atoms with Gasteiger partial charge in [0.1, 0.15) is 6.04 Å². The van der Waals surface area contributed by atoms with Crippen LogP contribution in [0.1, 0.15) is 45.4 Å². The molecule has 1 saturated heterocycles. The predicted molar refractivity (Wildman–Crippen MR) is 106 cm³/mol. The molecule has 3 amide bonds. The van der Waals surface area contributed by atoms with E-state index in [1.54, 1.807) is 30.0 Å². The minimum Gasteiger partial charge on any atom is -0.454 e. The number of carbonyl (C=O) groups is 3. The van der Waals surface area contributed by atoms with Crippen molar-refractivity contribution in [2.75, 3.05) is 18.2 Å². The van der Waals surface area contributed by atoms with Gasteiger partial charge in [-0.25, -0.2) is 0 Å². The van der Waals surface area contributed by atoms with Gasteiger partial charge in [-0.15, -0.1) is 0 Å². The van der Waals surface area contributed by atoms with Gasteiger partial charge in [0.2, 0.25) is 24.5 Å². The van der Waals surface area contributed by atoms with Gasteiger partial charge in [0.15, 0.2) is 11.5 Å². The summed E-state index contributed by atoms with van der Waals surface area (Å²) in [5.41, 5.74) is 0.678. The van der Waals surface area contributed by atoms with Gasteiger partial charge in [-0.05, 0) is 31.9 Å². The van der Waals surface area contributed by atoms with Gasteiger partial charge in [0.25, 0.3) is 0 Å². The zero-order chi connectivity index (χ0) is 20.4. The van der Waals surface area contributed by atoms with Gasteiger partial charge in [0, 0.05) is 30.8 Å². The maximum absolute atomic E-state index is 12.6. The Kier molecular flexibility index (Phi) is 5.60. The second-order valence-electron chi connectivity index (χ2n) is 8.02. The lowest BCUT2D eigenvalue weighted by atomic mass is 9.95. The first kappa shape index (κ1) is 19.5. The van der Waals surface area contributed by atoms with Crippen molar-refractivity contribution in [3.8, 4) is 11.5 Å². The Bertz CT molecular complexity index is 806.